The summed E-state index contributed by atoms with van der Waals surface area (Å²) in [5.41, 5.74) is 1.13. The summed E-state index contributed by atoms with van der Waals surface area (Å²) < 4.78 is 1.06. The largest absolute Gasteiger partial charge is 0.352 e. The molecule has 1 aliphatic rings. The van der Waals surface area contributed by atoms with E-state index < -0.39 is 0 Å². The molecule has 2 rings (SSSR count). The Morgan fingerprint density at radius 2 is 2.17 bits per heavy atom. The zero-order valence-electron chi connectivity index (χ0n) is 10.4. The van der Waals surface area contributed by atoms with Crippen LogP contribution in [0.15, 0.2) is 28.7 Å². The highest BCUT2D eigenvalue weighted by Gasteiger charge is 2.15. The third-order valence-corrected chi connectivity index (χ3v) is 3.87. The molecule has 0 spiro atoms. The number of rotatable bonds is 5. The molecule has 3 nitrogen and oxygen atoms in total. The van der Waals surface area contributed by atoms with Gasteiger partial charge in [-0.3, -0.25) is 4.79 Å². The van der Waals surface area contributed by atoms with Gasteiger partial charge in [0.1, 0.15) is 0 Å². The molecule has 18 heavy (non-hydrogen) atoms. The maximum Gasteiger partial charge on any atom is 0.220 e. The van der Waals surface area contributed by atoms with Crippen LogP contribution in [-0.4, -0.2) is 19.0 Å². The Bertz CT molecular complexity index is 385. The molecule has 4 heteroatoms. The Balaban J connectivity index is 1.66. The fourth-order valence-corrected chi connectivity index (χ4v) is 2.45. The Hall–Kier alpha value is -0.870. The standard InChI is InChI=1S/C14H19BrN2O/c15-13-4-1-11(2-5-13)10-17-14(18)6-3-12-7-8-16-9-12/h1-2,4-5,12,16H,3,6-10H2,(H,17,18). The topological polar surface area (TPSA) is 41.1 Å². The Labute approximate surface area is 116 Å². The van der Waals surface area contributed by atoms with Gasteiger partial charge >= 0.3 is 0 Å². The number of amides is 1. The molecule has 1 aromatic rings. The molecule has 1 saturated heterocycles. The van der Waals surface area contributed by atoms with E-state index in [2.05, 4.69) is 26.6 Å². The average Bonchev–Trinajstić information content (AvgIpc) is 2.89. The molecule has 1 heterocycles. The first-order valence-electron chi connectivity index (χ1n) is 6.46. The zero-order chi connectivity index (χ0) is 12.8. The molecule has 98 valence electrons. The number of carbonyl (C=O) groups excluding carboxylic acids is 1. The van der Waals surface area contributed by atoms with E-state index in [-0.39, 0.29) is 5.91 Å². The minimum absolute atomic E-state index is 0.157. The minimum atomic E-state index is 0.157. The molecule has 2 N–H and O–H groups in total. The van der Waals surface area contributed by atoms with Crippen LogP contribution in [0.25, 0.3) is 0 Å². The van der Waals surface area contributed by atoms with E-state index in [1.807, 2.05) is 24.3 Å². The molecule has 0 aliphatic carbocycles. The molecule has 1 fully saturated rings. The highest BCUT2D eigenvalue weighted by molar-refractivity contribution is 9.10. The Kier molecular flexibility index (Phi) is 5.20. The Morgan fingerprint density at radius 1 is 1.39 bits per heavy atom. The highest BCUT2D eigenvalue weighted by atomic mass is 79.9. The fraction of sp³-hybridized carbons (Fsp3) is 0.500. The SMILES string of the molecule is O=C(CCC1CCNC1)NCc1ccc(Br)cc1. The van der Waals surface area contributed by atoms with E-state index >= 15 is 0 Å². The van der Waals surface area contributed by atoms with Crippen molar-refractivity contribution >= 4 is 21.8 Å². The van der Waals surface area contributed by atoms with E-state index in [4.69, 9.17) is 0 Å². The molecule has 0 aromatic heterocycles. The van der Waals surface area contributed by atoms with E-state index in [1.165, 1.54) is 6.42 Å². The average molecular weight is 311 g/mol. The van der Waals surface area contributed by atoms with Crippen molar-refractivity contribution in [3.63, 3.8) is 0 Å². The van der Waals surface area contributed by atoms with E-state index in [1.54, 1.807) is 0 Å². The first-order chi connectivity index (χ1) is 8.74. The third-order valence-electron chi connectivity index (χ3n) is 3.34. The van der Waals surface area contributed by atoms with Crippen LogP contribution < -0.4 is 10.6 Å². The van der Waals surface area contributed by atoms with Gasteiger partial charge in [0.05, 0.1) is 0 Å². The van der Waals surface area contributed by atoms with Gasteiger partial charge in [0.25, 0.3) is 0 Å². The lowest BCUT2D eigenvalue weighted by Gasteiger charge is -2.08. The van der Waals surface area contributed by atoms with Crippen LogP contribution in [0.4, 0.5) is 0 Å². The third kappa shape index (κ3) is 4.42. The van der Waals surface area contributed by atoms with Crippen molar-refractivity contribution in [3.8, 4) is 0 Å². The van der Waals surface area contributed by atoms with Gasteiger partial charge in [-0.1, -0.05) is 28.1 Å². The predicted octanol–water partition coefficient (Wildman–Crippen LogP) is 2.46. The molecule has 0 bridgehead atoms. The van der Waals surface area contributed by atoms with Gasteiger partial charge in [-0.25, -0.2) is 0 Å². The summed E-state index contributed by atoms with van der Waals surface area (Å²) >= 11 is 3.39. The Morgan fingerprint density at radius 3 is 2.83 bits per heavy atom. The van der Waals surface area contributed by atoms with Gasteiger partial charge in [-0.15, -0.1) is 0 Å². The smallest absolute Gasteiger partial charge is 0.220 e. The van der Waals surface area contributed by atoms with Crippen LogP contribution in [0.3, 0.4) is 0 Å². The summed E-state index contributed by atoms with van der Waals surface area (Å²) in [4.78, 5) is 11.7. The lowest BCUT2D eigenvalue weighted by molar-refractivity contribution is -0.121. The fourth-order valence-electron chi connectivity index (χ4n) is 2.19. The second-order valence-corrected chi connectivity index (χ2v) is 5.72. The van der Waals surface area contributed by atoms with Gasteiger partial charge in [0.2, 0.25) is 5.91 Å². The molecule has 1 aromatic carbocycles. The first kappa shape index (κ1) is 13.6. The van der Waals surface area contributed by atoms with E-state index in [9.17, 15) is 4.79 Å². The molecular formula is C14H19BrN2O. The molecule has 0 saturated carbocycles. The monoisotopic (exact) mass is 310 g/mol. The summed E-state index contributed by atoms with van der Waals surface area (Å²) in [5.74, 6) is 0.841. The lowest BCUT2D eigenvalue weighted by Crippen LogP contribution is -2.23. The van der Waals surface area contributed by atoms with Crippen molar-refractivity contribution in [3.05, 3.63) is 34.3 Å². The van der Waals surface area contributed by atoms with Crippen molar-refractivity contribution in [2.75, 3.05) is 13.1 Å². The number of carbonyl (C=O) groups is 1. The van der Waals surface area contributed by atoms with Crippen LogP contribution >= 0.6 is 15.9 Å². The quantitative estimate of drug-likeness (QED) is 0.877. The predicted molar refractivity (Wildman–Crippen MR) is 76.2 cm³/mol. The molecule has 1 amide bonds. The lowest BCUT2D eigenvalue weighted by atomic mass is 10.0. The molecule has 0 radical (unpaired) electrons. The normalized spacial score (nSPS) is 18.8. The van der Waals surface area contributed by atoms with Gasteiger partial charge < -0.3 is 10.6 Å². The summed E-state index contributed by atoms with van der Waals surface area (Å²) in [6.45, 7) is 2.79. The van der Waals surface area contributed by atoms with Crippen molar-refractivity contribution in [1.29, 1.82) is 0 Å². The number of hydrogen-bond donors (Lipinski definition) is 2. The molecule has 1 unspecified atom stereocenters. The van der Waals surface area contributed by atoms with Gasteiger partial charge in [-0.2, -0.15) is 0 Å². The van der Waals surface area contributed by atoms with Crippen LogP contribution in [-0.2, 0) is 11.3 Å². The summed E-state index contributed by atoms with van der Waals surface area (Å²) in [6, 6.07) is 8.02. The number of benzene rings is 1. The summed E-state index contributed by atoms with van der Waals surface area (Å²) in [7, 11) is 0. The number of halogens is 1. The second-order valence-electron chi connectivity index (χ2n) is 4.80. The summed E-state index contributed by atoms with van der Waals surface area (Å²) in [6.07, 6.45) is 2.85. The molecule has 1 atom stereocenters. The molecule has 1 aliphatic heterocycles. The van der Waals surface area contributed by atoms with Crippen molar-refractivity contribution < 1.29 is 4.79 Å². The first-order valence-corrected chi connectivity index (χ1v) is 7.25. The number of nitrogens with one attached hydrogen (secondary N) is 2. The molecular weight excluding hydrogens is 292 g/mol. The van der Waals surface area contributed by atoms with Crippen molar-refractivity contribution in [1.82, 2.24) is 10.6 Å². The van der Waals surface area contributed by atoms with E-state index in [0.717, 1.165) is 29.5 Å². The van der Waals surface area contributed by atoms with Crippen molar-refractivity contribution in [2.45, 2.75) is 25.8 Å². The minimum Gasteiger partial charge on any atom is -0.352 e. The van der Waals surface area contributed by atoms with Crippen LogP contribution in [0.5, 0.6) is 0 Å². The van der Waals surface area contributed by atoms with Crippen LogP contribution in [0, 0.1) is 5.92 Å². The highest BCUT2D eigenvalue weighted by Crippen LogP contribution is 2.14. The maximum absolute atomic E-state index is 11.7. The van der Waals surface area contributed by atoms with Gasteiger partial charge in [0, 0.05) is 17.4 Å². The summed E-state index contributed by atoms with van der Waals surface area (Å²) in [5, 5.41) is 6.29. The van der Waals surface area contributed by atoms with Gasteiger partial charge in [0.15, 0.2) is 0 Å². The van der Waals surface area contributed by atoms with Crippen molar-refractivity contribution in [2.24, 2.45) is 5.92 Å². The van der Waals surface area contributed by atoms with E-state index in [0.29, 0.717) is 18.9 Å². The zero-order valence-corrected chi connectivity index (χ0v) is 12.0. The van der Waals surface area contributed by atoms with Crippen LogP contribution in [0.2, 0.25) is 0 Å². The maximum atomic E-state index is 11.7. The number of hydrogen-bond acceptors (Lipinski definition) is 2. The second kappa shape index (κ2) is 6.90. The van der Waals surface area contributed by atoms with Crippen LogP contribution in [0.1, 0.15) is 24.8 Å². The van der Waals surface area contributed by atoms with Gasteiger partial charge in [-0.05, 0) is 49.5 Å².